The van der Waals surface area contributed by atoms with Gasteiger partial charge in [-0.15, -0.1) is 0 Å². The van der Waals surface area contributed by atoms with Crippen LogP contribution in [0.15, 0.2) is 18.2 Å². The van der Waals surface area contributed by atoms with Crippen molar-refractivity contribution in [3.05, 3.63) is 23.8 Å². The van der Waals surface area contributed by atoms with Gasteiger partial charge in [-0.05, 0) is 17.7 Å². The van der Waals surface area contributed by atoms with Gasteiger partial charge in [0.15, 0.2) is 11.5 Å². The van der Waals surface area contributed by atoms with Crippen LogP contribution in [0.2, 0.25) is 0 Å². The van der Waals surface area contributed by atoms with E-state index in [2.05, 4.69) is 0 Å². The van der Waals surface area contributed by atoms with Crippen LogP contribution in [0.4, 0.5) is 0 Å². The molecule has 0 saturated carbocycles. The lowest BCUT2D eigenvalue weighted by molar-refractivity contribution is 0.0245. The third-order valence-corrected chi connectivity index (χ3v) is 3.80. The van der Waals surface area contributed by atoms with E-state index in [1.807, 2.05) is 32.0 Å². The van der Waals surface area contributed by atoms with Crippen molar-refractivity contribution < 1.29 is 19.3 Å². The van der Waals surface area contributed by atoms with Crippen LogP contribution < -0.4 is 9.47 Å². The smallest absolute Gasteiger partial charge is 0.161 e. The van der Waals surface area contributed by atoms with Gasteiger partial charge in [0.1, 0.15) is 6.10 Å². The molecule has 0 amide bonds. The van der Waals surface area contributed by atoms with Crippen LogP contribution in [0.3, 0.4) is 0 Å². The summed E-state index contributed by atoms with van der Waals surface area (Å²) in [6, 6.07) is 5.86. The predicted molar refractivity (Wildman–Crippen MR) is 77.6 cm³/mol. The summed E-state index contributed by atoms with van der Waals surface area (Å²) in [6.07, 6.45) is 1.97. The van der Waals surface area contributed by atoms with E-state index < -0.39 is 0 Å². The minimum absolute atomic E-state index is 0.0933. The molecule has 1 N–H and O–H groups in total. The molecule has 0 bridgehead atoms. The van der Waals surface area contributed by atoms with Crippen LogP contribution in [0, 0.1) is 0 Å². The Morgan fingerprint density at radius 2 is 1.95 bits per heavy atom. The highest BCUT2D eigenvalue weighted by Crippen LogP contribution is 2.34. The highest BCUT2D eigenvalue weighted by atomic mass is 16.5. The molecule has 4 nitrogen and oxygen atoms in total. The fourth-order valence-electron chi connectivity index (χ4n) is 2.25. The topological polar surface area (TPSA) is 47.9 Å². The van der Waals surface area contributed by atoms with Crippen molar-refractivity contribution in [2.75, 3.05) is 26.9 Å². The zero-order valence-electron chi connectivity index (χ0n) is 12.5. The van der Waals surface area contributed by atoms with Crippen LogP contribution in [0.25, 0.3) is 0 Å². The van der Waals surface area contributed by atoms with E-state index in [1.165, 1.54) is 0 Å². The Hall–Kier alpha value is -1.26. The van der Waals surface area contributed by atoms with Crippen molar-refractivity contribution in [2.24, 2.45) is 0 Å². The molecule has 1 saturated heterocycles. The van der Waals surface area contributed by atoms with Gasteiger partial charge in [0.2, 0.25) is 0 Å². The fourth-order valence-corrected chi connectivity index (χ4v) is 2.25. The van der Waals surface area contributed by atoms with Crippen LogP contribution >= 0.6 is 0 Å². The lowest BCUT2D eigenvalue weighted by atomic mass is 9.85. The maximum atomic E-state index is 9.50. The molecule has 1 aromatic carbocycles. The molecule has 0 spiro atoms. The number of aliphatic hydroxyl groups is 1. The van der Waals surface area contributed by atoms with E-state index >= 15 is 0 Å². The van der Waals surface area contributed by atoms with Crippen LogP contribution in [0.1, 0.15) is 32.3 Å². The predicted octanol–water partition coefficient (Wildman–Crippen LogP) is 2.52. The summed E-state index contributed by atoms with van der Waals surface area (Å²) < 4.78 is 16.8. The summed E-state index contributed by atoms with van der Waals surface area (Å²) in [4.78, 5) is 0. The number of ether oxygens (including phenoxy) is 3. The van der Waals surface area contributed by atoms with Gasteiger partial charge in [0.25, 0.3) is 0 Å². The number of rotatable bonds is 5. The monoisotopic (exact) mass is 280 g/mol. The van der Waals surface area contributed by atoms with E-state index in [9.17, 15) is 5.11 Å². The van der Waals surface area contributed by atoms with Crippen molar-refractivity contribution in [3.63, 3.8) is 0 Å². The maximum absolute atomic E-state index is 9.50. The molecule has 0 radical (unpaired) electrons. The van der Waals surface area contributed by atoms with E-state index in [1.54, 1.807) is 7.11 Å². The average Bonchev–Trinajstić information content (AvgIpc) is 2.48. The Balaban J connectivity index is 2.22. The molecule has 2 rings (SSSR count). The number of hydrogen-bond donors (Lipinski definition) is 1. The molecule has 1 aliphatic rings. The Labute approximate surface area is 120 Å². The third-order valence-electron chi connectivity index (χ3n) is 3.80. The molecule has 112 valence electrons. The Morgan fingerprint density at radius 3 is 2.55 bits per heavy atom. The first-order valence-electron chi connectivity index (χ1n) is 7.10. The first-order chi connectivity index (χ1) is 9.56. The summed E-state index contributed by atoms with van der Waals surface area (Å²) in [5.41, 5.74) is 0.753. The molecule has 4 heteroatoms. The van der Waals surface area contributed by atoms with Crippen molar-refractivity contribution in [1.82, 2.24) is 0 Å². The van der Waals surface area contributed by atoms with Crippen LogP contribution in [0.5, 0.6) is 11.5 Å². The lowest BCUT2D eigenvalue weighted by Crippen LogP contribution is -2.26. The van der Waals surface area contributed by atoms with Gasteiger partial charge in [0.05, 0.1) is 26.9 Å². The highest BCUT2D eigenvalue weighted by molar-refractivity contribution is 5.45. The van der Waals surface area contributed by atoms with Crippen molar-refractivity contribution in [2.45, 2.75) is 38.2 Å². The summed E-state index contributed by atoms with van der Waals surface area (Å²) in [7, 11) is 1.64. The van der Waals surface area contributed by atoms with Crippen LogP contribution in [-0.2, 0) is 10.2 Å². The highest BCUT2D eigenvalue weighted by Gasteiger charge is 2.23. The van der Waals surface area contributed by atoms with Gasteiger partial charge in [-0.1, -0.05) is 19.9 Å². The van der Waals surface area contributed by atoms with Crippen molar-refractivity contribution in [3.8, 4) is 11.5 Å². The molecular formula is C16H24O4. The molecule has 0 unspecified atom stereocenters. The number of aliphatic hydroxyl groups excluding tert-OH is 1. The molecule has 1 fully saturated rings. The summed E-state index contributed by atoms with van der Waals surface area (Å²) in [5.74, 6) is 1.48. The molecule has 0 aliphatic carbocycles. The minimum Gasteiger partial charge on any atom is -0.493 e. The summed E-state index contributed by atoms with van der Waals surface area (Å²) in [5, 5.41) is 9.50. The Morgan fingerprint density at radius 1 is 1.25 bits per heavy atom. The van der Waals surface area contributed by atoms with E-state index in [0.29, 0.717) is 0 Å². The molecular weight excluding hydrogens is 256 g/mol. The average molecular weight is 280 g/mol. The molecule has 0 atom stereocenters. The van der Waals surface area contributed by atoms with Gasteiger partial charge in [-0.25, -0.2) is 0 Å². The first kappa shape index (κ1) is 15.1. The second-order valence-electron chi connectivity index (χ2n) is 5.84. The van der Waals surface area contributed by atoms with E-state index in [0.717, 1.165) is 43.1 Å². The molecule has 1 aliphatic heterocycles. The molecule has 1 aromatic rings. The molecule has 0 aromatic heterocycles. The number of benzene rings is 1. The quantitative estimate of drug-likeness (QED) is 0.900. The van der Waals surface area contributed by atoms with Crippen LogP contribution in [-0.4, -0.2) is 38.1 Å². The largest absolute Gasteiger partial charge is 0.493 e. The minimum atomic E-state index is -0.292. The second kappa shape index (κ2) is 6.46. The van der Waals surface area contributed by atoms with Gasteiger partial charge in [-0.2, -0.15) is 0 Å². The standard InChI is InChI=1S/C16H24O4/c1-16(2,11-17)12-4-5-14(18-3)15(10-12)20-13-6-8-19-9-7-13/h4-5,10,13,17H,6-9,11H2,1-3H3. The van der Waals surface area contributed by atoms with Crippen molar-refractivity contribution >= 4 is 0 Å². The normalized spacial score (nSPS) is 17.0. The van der Waals surface area contributed by atoms with Gasteiger partial charge in [-0.3, -0.25) is 0 Å². The maximum Gasteiger partial charge on any atom is 0.161 e. The third kappa shape index (κ3) is 3.44. The van der Waals surface area contributed by atoms with E-state index in [4.69, 9.17) is 14.2 Å². The van der Waals surface area contributed by atoms with E-state index in [-0.39, 0.29) is 18.1 Å². The van der Waals surface area contributed by atoms with Gasteiger partial charge < -0.3 is 19.3 Å². The van der Waals surface area contributed by atoms with Gasteiger partial charge >= 0.3 is 0 Å². The zero-order chi connectivity index (χ0) is 14.6. The second-order valence-corrected chi connectivity index (χ2v) is 5.84. The lowest BCUT2D eigenvalue weighted by Gasteiger charge is -2.27. The zero-order valence-corrected chi connectivity index (χ0v) is 12.5. The first-order valence-corrected chi connectivity index (χ1v) is 7.10. The Kier molecular flexibility index (Phi) is 4.89. The Bertz CT molecular complexity index is 436. The summed E-state index contributed by atoms with van der Waals surface area (Å²) >= 11 is 0. The summed E-state index contributed by atoms with van der Waals surface area (Å²) in [6.45, 7) is 5.60. The van der Waals surface area contributed by atoms with Gasteiger partial charge in [0, 0.05) is 18.3 Å². The number of hydrogen-bond acceptors (Lipinski definition) is 4. The fraction of sp³-hybridized carbons (Fsp3) is 0.625. The molecule has 1 heterocycles. The molecule has 20 heavy (non-hydrogen) atoms. The number of methoxy groups -OCH3 is 1. The van der Waals surface area contributed by atoms with Crippen molar-refractivity contribution in [1.29, 1.82) is 0 Å². The SMILES string of the molecule is COc1ccc(C(C)(C)CO)cc1OC1CCOCC1.